The monoisotopic (exact) mass is 486 g/mol. The van der Waals surface area contributed by atoms with Gasteiger partial charge < -0.3 is 20.4 Å². The third kappa shape index (κ3) is 4.45. The molecule has 1 aromatic carbocycles. The molecule has 1 aliphatic heterocycles. The fraction of sp³-hybridized carbons (Fsp3) is 0.500. The number of alkyl halides is 1. The first-order valence-electron chi connectivity index (χ1n) is 11.7. The number of amides is 1. The number of nitrogens with zero attached hydrogens (tertiary/aromatic N) is 4. The quantitative estimate of drug-likeness (QED) is 0.437. The number of likely N-dealkylation sites (tertiary alicyclic amines) is 1. The zero-order chi connectivity index (χ0) is 24.9. The van der Waals surface area contributed by atoms with Gasteiger partial charge >= 0.3 is 0 Å². The number of H-pyrrole nitrogens is 1. The predicted octanol–water partition coefficient (Wildman–Crippen LogP) is 2.74. The zero-order valence-corrected chi connectivity index (χ0v) is 19.4. The van der Waals surface area contributed by atoms with Crippen LogP contribution in [-0.4, -0.2) is 71.6 Å². The Bertz CT molecular complexity index is 1250. The topological polar surface area (TPSA) is 127 Å². The molecule has 3 aromatic rings. The molecule has 1 saturated carbocycles. The molecular formula is C24H28F2N6O3. The Morgan fingerprint density at radius 1 is 1.26 bits per heavy atom. The number of halogens is 2. The Hall–Kier alpha value is -3.18. The van der Waals surface area contributed by atoms with E-state index in [1.165, 1.54) is 29.4 Å². The van der Waals surface area contributed by atoms with Gasteiger partial charge in [0, 0.05) is 6.42 Å². The Balaban J connectivity index is 1.46. The van der Waals surface area contributed by atoms with Crippen LogP contribution < -0.4 is 5.32 Å². The zero-order valence-electron chi connectivity index (χ0n) is 19.4. The maximum Gasteiger partial charge on any atom is 0.275 e. The Kier molecular flexibility index (Phi) is 5.92. The summed E-state index contributed by atoms with van der Waals surface area (Å²) in [6.45, 7) is 3.29. The van der Waals surface area contributed by atoms with Crippen molar-refractivity contribution < 1.29 is 23.8 Å². The van der Waals surface area contributed by atoms with Crippen molar-refractivity contribution in [1.29, 1.82) is 0 Å². The van der Waals surface area contributed by atoms with E-state index in [4.69, 9.17) is 0 Å². The van der Waals surface area contributed by atoms with Crippen molar-refractivity contribution in [2.45, 2.75) is 63.1 Å². The summed E-state index contributed by atoms with van der Waals surface area (Å²) in [4.78, 5) is 23.4. The van der Waals surface area contributed by atoms with Gasteiger partial charge in [-0.1, -0.05) is 12.1 Å². The van der Waals surface area contributed by atoms with Gasteiger partial charge in [0.25, 0.3) is 5.91 Å². The number of hydrogen-bond donors (Lipinski definition) is 4. The van der Waals surface area contributed by atoms with E-state index >= 15 is 0 Å². The molecule has 186 valence electrons. The highest BCUT2D eigenvalue weighted by molar-refractivity contribution is 6.07. The van der Waals surface area contributed by atoms with Gasteiger partial charge in [-0.3, -0.25) is 9.89 Å². The van der Waals surface area contributed by atoms with Crippen LogP contribution in [-0.2, 0) is 0 Å². The van der Waals surface area contributed by atoms with Gasteiger partial charge in [0.05, 0.1) is 35.7 Å². The summed E-state index contributed by atoms with van der Waals surface area (Å²) in [6.07, 6.45) is 0.340. The number of aliphatic hydroxyl groups excluding tert-OH is 1. The first-order chi connectivity index (χ1) is 16.6. The number of anilines is 1. The van der Waals surface area contributed by atoms with E-state index in [1.54, 1.807) is 19.9 Å². The van der Waals surface area contributed by atoms with Crippen molar-refractivity contribution in [3.63, 3.8) is 0 Å². The number of fused-ring (bicyclic) bond motifs is 1. The van der Waals surface area contributed by atoms with Gasteiger partial charge in [0.15, 0.2) is 11.3 Å². The van der Waals surface area contributed by atoms with Crippen molar-refractivity contribution >= 4 is 22.8 Å². The third-order valence-corrected chi connectivity index (χ3v) is 7.15. The number of carbonyl (C=O) groups excluding carboxylic acids is 1. The smallest absolute Gasteiger partial charge is 0.275 e. The molecule has 0 unspecified atom stereocenters. The molecule has 4 N–H and O–H groups in total. The number of rotatable bonds is 5. The summed E-state index contributed by atoms with van der Waals surface area (Å²) in [7, 11) is 0. The second-order valence-electron chi connectivity index (χ2n) is 10.0. The molecule has 2 fully saturated rings. The standard InChI is InChI=1S/C24H28F2N6O3/c1-24(2,35)13-7-16(18(33)8-13)29-21-19-20(30-31-22(19)28-11-27-21)23(34)32-10-15(26)9-17(32)12-4-3-5-14(25)6-12/h3-6,11,13,15-18,33,35H,7-10H2,1-2H3,(H2,27,28,29,30,31)/t13-,15+,16-,17-,18-/m1/s1. The minimum atomic E-state index is -1.25. The van der Waals surface area contributed by atoms with Crippen LogP contribution in [0, 0.1) is 11.7 Å². The van der Waals surface area contributed by atoms with Gasteiger partial charge in [-0.25, -0.2) is 18.7 Å². The number of aliphatic hydroxyl groups is 2. The van der Waals surface area contributed by atoms with Crippen LogP contribution in [0.15, 0.2) is 30.6 Å². The molecule has 1 saturated heterocycles. The summed E-state index contributed by atoms with van der Waals surface area (Å²) >= 11 is 0. The van der Waals surface area contributed by atoms with E-state index in [0.29, 0.717) is 35.3 Å². The molecule has 0 spiro atoms. The average Bonchev–Trinajstić information content (AvgIpc) is 3.50. The van der Waals surface area contributed by atoms with Crippen LogP contribution in [0.1, 0.15) is 55.2 Å². The number of aromatic amines is 1. The summed E-state index contributed by atoms with van der Waals surface area (Å²) < 4.78 is 28.3. The number of carbonyl (C=O) groups is 1. The lowest BCUT2D eigenvalue weighted by Gasteiger charge is -2.25. The third-order valence-electron chi connectivity index (χ3n) is 7.15. The minimum Gasteiger partial charge on any atom is -0.391 e. The van der Waals surface area contributed by atoms with Crippen molar-refractivity contribution in [3.8, 4) is 0 Å². The first-order valence-corrected chi connectivity index (χ1v) is 11.7. The first kappa shape index (κ1) is 23.6. The minimum absolute atomic E-state index is 0.0186. The molecule has 0 radical (unpaired) electrons. The van der Waals surface area contributed by atoms with E-state index < -0.39 is 41.7 Å². The van der Waals surface area contributed by atoms with E-state index in [-0.39, 0.29) is 24.6 Å². The van der Waals surface area contributed by atoms with E-state index in [9.17, 15) is 23.8 Å². The van der Waals surface area contributed by atoms with Crippen molar-refractivity contribution in [1.82, 2.24) is 25.1 Å². The highest BCUT2D eigenvalue weighted by atomic mass is 19.1. The van der Waals surface area contributed by atoms with E-state index in [0.717, 1.165) is 0 Å². The molecule has 2 aliphatic rings. The van der Waals surface area contributed by atoms with Crippen molar-refractivity contribution in [2.24, 2.45) is 5.92 Å². The number of benzene rings is 1. The Morgan fingerprint density at radius 3 is 2.77 bits per heavy atom. The molecule has 3 heterocycles. The lowest BCUT2D eigenvalue weighted by Crippen LogP contribution is -2.32. The molecule has 2 aromatic heterocycles. The summed E-state index contributed by atoms with van der Waals surface area (Å²) in [5.41, 5.74) is -0.0970. The van der Waals surface area contributed by atoms with Crippen LogP contribution >= 0.6 is 0 Å². The molecule has 11 heteroatoms. The molecule has 5 rings (SSSR count). The van der Waals surface area contributed by atoms with E-state index in [2.05, 4.69) is 25.5 Å². The predicted molar refractivity (Wildman–Crippen MR) is 124 cm³/mol. The Labute approximate surface area is 200 Å². The van der Waals surface area contributed by atoms with Crippen LogP contribution in [0.2, 0.25) is 0 Å². The average molecular weight is 487 g/mol. The summed E-state index contributed by atoms with van der Waals surface area (Å²) in [5.74, 6) is -0.784. The molecule has 35 heavy (non-hydrogen) atoms. The second kappa shape index (κ2) is 8.80. The molecule has 0 bridgehead atoms. The van der Waals surface area contributed by atoms with Gasteiger partial charge in [0.2, 0.25) is 0 Å². The molecule has 9 nitrogen and oxygen atoms in total. The lowest BCUT2D eigenvalue weighted by atomic mass is 9.89. The fourth-order valence-electron chi connectivity index (χ4n) is 5.22. The molecule has 1 amide bonds. The molecule has 5 atom stereocenters. The lowest BCUT2D eigenvalue weighted by molar-refractivity contribution is 0.0140. The maximum atomic E-state index is 14.5. The normalized spacial score (nSPS) is 27.0. The van der Waals surface area contributed by atoms with E-state index in [1.807, 2.05) is 0 Å². The van der Waals surface area contributed by atoms with Crippen LogP contribution in [0.5, 0.6) is 0 Å². The molecule has 1 aliphatic carbocycles. The molecular weight excluding hydrogens is 458 g/mol. The second-order valence-corrected chi connectivity index (χ2v) is 10.0. The van der Waals surface area contributed by atoms with Crippen molar-refractivity contribution in [3.05, 3.63) is 47.7 Å². The van der Waals surface area contributed by atoms with Gasteiger partial charge in [-0.2, -0.15) is 5.10 Å². The van der Waals surface area contributed by atoms with Crippen molar-refractivity contribution in [2.75, 3.05) is 11.9 Å². The highest BCUT2D eigenvalue weighted by Gasteiger charge is 2.41. The van der Waals surface area contributed by atoms with Crippen LogP contribution in [0.25, 0.3) is 11.0 Å². The van der Waals surface area contributed by atoms with Gasteiger partial charge in [0.1, 0.15) is 24.1 Å². The maximum absolute atomic E-state index is 14.5. The van der Waals surface area contributed by atoms with Gasteiger partial charge in [-0.05, 0) is 50.3 Å². The highest BCUT2D eigenvalue weighted by Crippen LogP contribution is 2.38. The van der Waals surface area contributed by atoms with Crippen LogP contribution in [0.3, 0.4) is 0 Å². The number of nitrogens with one attached hydrogen (secondary N) is 2. The number of aromatic nitrogens is 4. The summed E-state index contributed by atoms with van der Waals surface area (Å²) in [6, 6.07) is 4.78. The largest absolute Gasteiger partial charge is 0.391 e. The SMILES string of the molecule is CC(C)(O)[C@H]1C[C@@H](O)[C@H](Nc2ncnc3[nH]nc(C(=O)N4C[C@@H](F)C[C@@H]4c4cccc(F)c4)c23)C1. The van der Waals surface area contributed by atoms with Gasteiger partial charge in [-0.15, -0.1) is 0 Å². The summed E-state index contributed by atoms with van der Waals surface area (Å²) in [5, 5.41) is 31.4. The van der Waals surface area contributed by atoms with Crippen LogP contribution in [0.4, 0.5) is 14.6 Å². The fourth-order valence-corrected chi connectivity index (χ4v) is 5.22. The Morgan fingerprint density at radius 2 is 2.06 bits per heavy atom. The number of hydrogen-bond acceptors (Lipinski definition) is 7.